The molecule has 132 valence electrons. The summed E-state index contributed by atoms with van der Waals surface area (Å²) in [6.07, 6.45) is 0. The van der Waals surface area contributed by atoms with Crippen LogP contribution < -0.4 is 0 Å². The van der Waals surface area contributed by atoms with Crippen LogP contribution in [0.15, 0.2) is 51.8 Å². The summed E-state index contributed by atoms with van der Waals surface area (Å²) in [5, 5.41) is 10.8. The Morgan fingerprint density at radius 1 is 1.24 bits per heavy atom. The first-order valence-corrected chi connectivity index (χ1v) is 10.7. The lowest BCUT2D eigenvalue weighted by molar-refractivity contribution is -0.385. The number of hydrogen-bond donors (Lipinski definition) is 0. The van der Waals surface area contributed by atoms with Crippen molar-refractivity contribution in [3.63, 3.8) is 0 Å². The first-order valence-electron chi connectivity index (χ1n) is 7.44. The molecule has 1 atom stereocenters. The molecule has 1 saturated heterocycles. The van der Waals surface area contributed by atoms with Crippen molar-refractivity contribution in [2.45, 2.75) is 17.2 Å². The molecule has 0 amide bonds. The lowest BCUT2D eigenvalue weighted by atomic mass is 10.2. The lowest BCUT2D eigenvalue weighted by Crippen LogP contribution is -2.30. The molecule has 2 aromatic carbocycles. The van der Waals surface area contributed by atoms with Crippen molar-refractivity contribution >= 4 is 43.4 Å². The van der Waals surface area contributed by atoms with Gasteiger partial charge < -0.3 is 0 Å². The van der Waals surface area contributed by atoms with Crippen LogP contribution in [-0.2, 0) is 10.0 Å². The summed E-state index contributed by atoms with van der Waals surface area (Å²) in [6, 6.07) is 11.6. The monoisotopic (exact) mass is 442 g/mol. The van der Waals surface area contributed by atoms with Gasteiger partial charge in [-0.1, -0.05) is 34.1 Å². The van der Waals surface area contributed by atoms with Gasteiger partial charge in [0.2, 0.25) is 10.0 Å². The zero-order valence-electron chi connectivity index (χ0n) is 13.3. The number of halogens is 1. The second-order valence-corrected chi connectivity index (χ2v) is 9.59. The quantitative estimate of drug-likeness (QED) is 0.525. The number of nitro benzene ring substituents is 1. The molecule has 0 aromatic heterocycles. The van der Waals surface area contributed by atoms with Crippen LogP contribution in [0.2, 0.25) is 0 Å². The van der Waals surface area contributed by atoms with E-state index < -0.39 is 14.9 Å². The van der Waals surface area contributed by atoms with Crippen molar-refractivity contribution in [2.75, 3.05) is 12.3 Å². The van der Waals surface area contributed by atoms with Crippen LogP contribution in [-0.4, -0.2) is 29.9 Å². The van der Waals surface area contributed by atoms with Gasteiger partial charge in [0.15, 0.2) is 0 Å². The average Bonchev–Trinajstić information content (AvgIpc) is 3.06. The van der Waals surface area contributed by atoms with Crippen molar-refractivity contribution in [2.24, 2.45) is 0 Å². The molecule has 1 aliphatic rings. The Bertz CT molecular complexity index is 916. The summed E-state index contributed by atoms with van der Waals surface area (Å²) in [6.45, 7) is 1.96. The summed E-state index contributed by atoms with van der Waals surface area (Å²) < 4.78 is 28.4. The van der Waals surface area contributed by atoms with Crippen molar-refractivity contribution in [1.82, 2.24) is 4.31 Å². The largest absolute Gasteiger partial charge is 0.273 e. The van der Waals surface area contributed by atoms with Crippen LogP contribution in [0.3, 0.4) is 0 Å². The second-order valence-electron chi connectivity index (χ2n) is 5.60. The number of hydrogen-bond acceptors (Lipinski definition) is 5. The van der Waals surface area contributed by atoms with Crippen LogP contribution in [0.5, 0.6) is 0 Å². The topological polar surface area (TPSA) is 80.5 Å². The van der Waals surface area contributed by atoms with Gasteiger partial charge in [-0.15, -0.1) is 11.8 Å². The molecule has 0 N–H and O–H groups in total. The van der Waals surface area contributed by atoms with Gasteiger partial charge in [0.25, 0.3) is 5.69 Å². The fourth-order valence-corrected chi connectivity index (χ4v) is 6.20. The summed E-state index contributed by atoms with van der Waals surface area (Å²) >= 11 is 4.91. The third-order valence-electron chi connectivity index (χ3n) is 3.99. The van der Waals surface area contributed by atoms with Gasteiger partial charge in [0, 0.05) is 28.4 Å². The van der Waals surface area contributed by atoms with E-state index in [0.29, 0.717) is 17.9 Å². The highest BCUT2D eigenvalue weighted by molar-refractivity contribution is 9.10. The number of nitro groups is 1. The highest BCUT2D eigenvalue weighted by atomic mass is 79.9. The van der Waals surface area contributed by atoms with Crippen LogP contribution in [0.4, 0.5) is 5.69 Å². The molecular formula is C16H15BrN2O4S2. The Morgan fingerprint density at radius 3 is 2.56 bits per heavy atom. The normalized spacial score (nSPS) is 18.4. The zero-order valence-corrected chi connectivity index (χ0v) is 16.5. The van der Waals surface area contributed by atoms with Crippen LogP contribution in [0, 0.1) is 17.0 Å². The van der Waals surface area contributed by atoms with E-state index in [0.717, 1.165) is 16.1 Å². The molecule has 3 rings (SSSR count). The van der Waals surface area contributed by atoms with Gasteiger partial charge in [0.1, 0.15) is 0 Å². The Kier molecular flexibility index (Phi) is 5.19. The minimum atomic E-state index is -3.82. The van der Waals surface area contributed by atoms with E-state index in [-0.39, 0.29) is 16.0 Å². The molecule has 0 saturated carbocycles. The summed E-state index contributed by atoms with van der Waals surface area (Å²) in [5.74, 6) is 0.675. The molecule has 0 radical (unpaired) electrons. The fourth-order valence-electron chi connectivity index (χ4n) is 2.67. The molecule has 1 heterocycles. The minimum absolute atomic E-state index is 0.0468. The van der Waals surface area contributed by atoms with E-state index in [1.54, 1.807) is 18.7 Å². The van der Waals surface area contributed by atoms with Crippen molar-refractivity contribution in [3.05, 3.63) is 68.2 Å². The molecule has 1 fully saturated rings. The summed E-state index contributed by atoms with van der Waals surface area (Å²) in [5.41, 5.74) is 1.13. The standard InChI is InChI=1S/C16H15BrN2O4S2/c1-11-2-7-14(10-15(11)19(20)21)25(22,23)18-8-9-24-16(18)12-3-5-13(17)6-4-12/h2-7,10,16H,8-9H2,1H3. The number of rotatable bonds is 4. The first kappa shape index (κ1) is 18.4. The maximum atomic E-state index is 13.1. The van der Waals surface area contributed by atoms with E-state index in [1.165, 1.54) is 16.4 Å². The minimum Gasteiger partial charge on any atom is -0.258 e. The van der Waals surface area contributed by atoms with Gasteiger partial charge >= 0.3 is 0 Å². The van der Waals surface area contributed by atoms with Crippen LogP contribution in [0.1, 0.15) is 16.5 Å². The summed E-state index contributed by atoms with van der Waals surface area (Å²) in [4.78, 5) is 10.5. The van der Waals surface area contributed by atoms with E-state index in [9.17, 15) is 18.5 Å². The highest BCUT2D eigenvalue weighted by Gasteiger charge is 2.37. The van der Waals surface area contributed by atoms with Gasteiger partial charge in [-0.05, 0) is 30.7 Å². The van der Waals surface area contributed by atoms with Crippen LogP contribution in [0.25, 0.3) is 0 Å². The number of sulfonamides is 1. The zero-order chi connectivity index (χ0) is 18.2. The van der Waals surface area contributed by atoms with Gasteiger partial charge in [-0.25, -0.2) is 8.42 Å². The maximum Gasteiger partial charge on any atom is 0.273 e. The molecule has 0 bridgehead atoms. The summed E-state index contributed by atoms with van der Waals surface area (Å²) in [7, 11) is -3.82. The van der Waals surface area contributed by atoms with Crippen molar-refractivity contribution in [3.8, 4) is 0 Å². The Balaban J connectivity index is 2.00. The number of benzene rings is 2. The molecule has 0 aliphatic carbocycles. The smallest absolute Gasteiger partial charge is 0.258 e. The molecule has 0 spiro atoms. The SMILES string of the molecule is Cc1ccc(S(=O)(=O)N2CCSC2c2ccc(Br)cc2)cc1[N+](=O)[O-]. The third kappa shape index (κ3) is 3.59. The molecule has 6 nitrogen and oxygen atoms in total. The first-order chi connectivity index (χ1) is 11.8. The molecule has 1 unspecified atom stereocenters. The predicted molar refractivity (Wildman–Crippen MR) is 101 cm³/mol. The van der Waals surface area contributed by atoms with E-state index in [2.05, 4.69) is 15.9 Å². The number of thioether (sulfide) groups is 1. The maximum absolute atomic E-state index is 13.1. The van der Waals surface area contributed by atoms with Gasteiger partial charge in [0.05, 0.1) is 15.2 Å². The number of aryl methyl sites for hydroxylation is 1. The predicted octanol–water partition coefficient (Wildman–Crippen LogP) is 4.10. The van der Waals surface area contributed by atoms with Crippen LogP contribution >= 0.6 is 27.7 Å². The molecular weight excluding hydrogens is 428 g/mol. The van der Waals surface area contributed by atoms with Gasteiger partial charge in [-0.2, -0.15) is 4.31 Å². The van der Waals surface area contributed by atoms with E-state index in [1.807, 2.05) is 24.3 Å². The lowest BCUT2D eigenvalue weighted by Gasteiger charge is -2.23. The van der Waals surface area contributed by atoms with E-state index in [4.69, 9.17) is 0 Å². The average molecular weight is 443 g/mol. The Morgan fingerprint density at radius 2 is 1.92 bits per heavy atom. The third-order valence-corrected chi connectivity index (χ3v) is 7.77. The number of nitrogens with zero attached hydrogens (tertiary/aromatic N) is 2. The fraction of sp³-hybridized carbons (Fsp3) is 0.250. The molecule has 2 aromatic rings. The Hall–Kier alpha value is -1.42. The van der Waals surface area contributed by atoms with E-state index >= 15 is 0 Å². The molecule has 25 heavy (non-hydrogen) atoms. The van der Waals surface area contributed by atoms with Crippen molar-refractivity contribution in [1.29, 1.82) is 0 Å². The second kappa shape index (κ2) is 7.06. The van der Waals surface area contributed by atoms with Crippen molar-refractivity contribution < 1.29 is 13.3 Å². The molecule has 9 heteroatoms. The Labute approximate surface area is 158 Å². The van der Waals surface area contributed by atoms with Gasteiger partial charge in [-0.3, -0.25) is 10.1 Å². The highest BCUT2D eigenvalue weighted by Crippen LogP contribution is 2.42. The molecule has 1 aliphatic heterocycles.